The van der Waals surface area contributed by atoms with Crippen LogP contribution in [0.1, 0.15) is 12.8 Å². The molecule has 0 aliphatic carbocycles. The van der Waals surface area contributed by atoms with Crippen molar-refractivity contribution in [2.75, 3.05) is 17.7 Å². The van der Waals surface area contributed by atoms with Gasteiger partial charge in [-0.1, -0.05) is 41.6 Å². The van der Waals surface area contributed by atoms with E-state index < -0.39 is 22.0 Å². The highest BCUT2D eigenvalue weighted by atomic mass is 32.2. The first-order chi connectivity index (χ1) is 14.3. The largest absolute Gasteiger partial charge is 0.497 e. The van der Waals surface area contributed by atoms with Gasteiger partial charge in [0.2, 0.25) is 27.6 Å². The summed E-state index contributed by atoms with van der Waals surface area (Å²) in [5.74, 6) is 0.583. The summed E-state index contributed by atoms with van der Waals surface area (Å²) >= 11 is 0. The summed E-state index contributed by atoms with van der Waals surface area (Å²) in [6.45, 7) is 1.47. The van der Waals surface area contributed by atoms with Gasteiger partial charge in [0.1, 0.15) is 11.8 Å². The summed E-state index contributed by atoms with van der Waals surface area (Å²) in [5.41, 5.74) is 1.11. The summed E-state index contributed by atoms with van der Waals surface area (Å²) in [6.07, 6.45) is 1.04. The molecule has 3 rings (SSSR count). The first-order valence-corrected chi connectivity index (χ1v) is 10.9. The number of aromatic nitrogens is 2. The van der Waals surface area contributed by atoms with E-state index in [1.807, 2.05) is 30.3 Å². The second-order valence-corrected chi connectivity index (χ2v) is 8.39. The Bertz CT molecular complexity index is 1110. The molecule has 3 aromatic rings. The number of hydrogen-bond acceptors (Lipinski definition) is 7. The van der Waals surface area contributed by atoms with E-state index in [9.17, 15) is 13.2 Å². The zero-order valence-corrected chi connectivity index (χ0v) is 17.6. The number of sulfonamides is 1. The fourth-order valence-electron chi connectivity index (χ4n) is 2.90. The van der Waals surface area contributed by atoms with Crippen LogP contribution in [0.4, 0.5) is 5.69 Å². The Hall–Kier alpha value is -3.40. The van der Waals surface area contributed by atoms with Gasteiger partial charge in [-0.25, -0.2) is 8.42 Å². The molecule has 1 atom stereocenters. The van der Waals surface area contributed by atoms with Crippen LogP contribution >= 0.6 is 0 Å². The number of benzene rings is 2. The van der Waals surface area contributed by atoms with E-state index in [1.54, 1.807) is 24.3 Å². The van der Waals surface area contributed by atoms with Crippen molar-refractivity contribution in [1.29, 1.82) is 0 Å². The van der Waals surface area contributed by atoms with Gasteiger partial charge in [-0.05, 0) is 19.1 Å². The van der Waals surface area contributed by atoms with Crippen LogP contribution in [0.3, 0.4) is 0 Å². The number of carbonyl (C=O) groups is 1. The van der Waals surface area contributed by atoms with Crippen LogP contribution in [0.25, 0.3) is 11.4 Å². The average molecular weight is 430 g/mol. The van der Waals surface area contributed by atoms with E-state index >= 15 is 0 Å². The maximum absolute atomic E-state index is 12.7. The molecule has 0 radical (unpaired) electrons. The normalized spacial score (nSPS) is 12.2. The number of anilines is 1. The molecule has 0 saturated heterocycles. The SMILES string of the molecule is COc1cccc(N([C@@H](C)C(=O)NCc2nc(-c3ccccc3)no2)S(C)(=O)=O)c1. The van der Waals surface area contributed by atoms with Crippen LogP contribution in [0, 0.1) is 0 Å². The molecule has 1 aromatic heterocycles. The fourth-order valence-corrected chi connectivity index (χ4v) is 4.06. The quantitative estimate of drug-likeness (QED) is 0.583. The van der Waals surface area contributed by atoms with Gasteiger partial charge in [0.15, 0.2) is 0 Å². The summed E-state index contributed by atoms with van der Waals surface area (Å²) < 4.78 is 36.1. The highest BCUT2D eigenvalue weighted by molar-refractivity contribution is 7.92. The maximum Gasteiger partial charge on any atom is 0.246 e. The Morgan fingerprint density at radius 2 is 1.93 bits per heavy atom. The third-order valence-electron chi connectivity index (χ3n) is 4.31. The van der Waals surface area contributed by atoms with Crippen molar-refractivity contribution in [2.45, 2.75) is 19.5 Å². The van der Waals surface area contributed by atoms with Gasteiger partial charge in [0.05, 0.1) is 25.6 Å². The number of nitrogens with zero attached hydrogens (tertiary/aromatic N) is 3. The molecule has 1 amide bonds. The molecule has 0 aliphatic heterocycles. The average Bonchev–Trinajstić information content (AvgIpc) is 3.21. The van der Waals surface area contributed by atoms with Gasteiger partial charge in [0.25, 0.3) is 0 Å². The summed E-state index contributed by atoms with van der Waals surface area (Å²) in [5, 5.41) is 6.53. The Morgan fingerprint density at radius 1 is 1.20 bits per heavy atom. The molecule has 0 unspecified atom stereocenters. The number of methoxy groups -OCH3 is 1. The first-order valence-electron chi connectivity index (χ1n) is 9.09. The molecule has 30 heavy (non-hydrogen) atoms. The van der Waals surface area contributed by atoms with E-state index in [0.29, 0.717) is 17.3 Å². The van der Waals surface area contributed by atoms with Crippen LogP contribution in [0.5, 0.6) is 5.75 Å². The second kappa shape index (κ2) is 8.95. The fraction of sp³-hybridized carbons (Fsp3) is 0.250. The summed E-state index contributed by atoms with van der Waals surface area (Å²) in [4.78, 5) is 16.9. The van der Waals surface area contributed by atoms with E-state index in [1.165, 1.54) is 14.0 Å². The zero-order chi connectivity index (χ0) is 21.7. The molecule has 0 spiro atoms. The van der Waals surface area contributed by atoms with Crippen molar-refractivity contribution in [3.05, 3.63) is 60.5 Å². The number of amides is 1. The van der Waals surface area contributed by atoms with E-state index in [-0.39, 0.29) is 12.4 Å². The van der Waals surface area contributed by atoms with E-state index in [0.717, 1.165) is 16.1 Å². The Balaban J connectivity index is 1.72. The topological polar surface area (TPSA) is 115 Å². The van der Waals surface area contributed by atoms with E-state index in [2.05, 4.69) is 15.5 Å². The van der Waals surface area contributed by atoms with Crippen molar-refractivity contribution in [2.24, 2.45) is 0 Å². The molecule has 0 fully saturated rings. The summed E-state index contributed by atoms with van der Waals surface area (Å²) in [6, 6.07) is 14.7. The number of rotatable bonds is 8. The van der Waals surface area contributed by atoms with Crippen molar-refractivity contribution in [3.63, 3.8) is 0 Å². The lowest BCUT2D eigenvalue weighted by Crippen LogP contribution is -2.47. The zero-order valence-electron chi connectivity index (χ0n) is 16.8. The molecular formula is C20H22N4O5S. The number of ether oxygens (including phenoxy) is 1. The van der Waals surface area contributed by atoms with Crippen molar-refractivity contribution < 1.29 is 22.5 Å². The van der Waals surface area contributed by atoms with Gasteiger partial charge in [0, 0.05) is 11.6 Å². The lowest BCUT2D eigenvalue weighted by Gasteiger charge is -2.28. The minimum Gasteiger partial charge on any atom is -0.497 e. The molecule has 10 heteroatoms. The molecule has 0 saturated carbocycles. The van der Waals surface area contributed by atoms with Crippen LogP contribution in [0.2, 0.25) is 0 Å². The highest BCUT2D eigenvalue weighted by Gasteiger charge is 2.29. The van der Waals surface area contributed by atoms with Crippen molar-refractivity contribution >= 4 is 21.6 Å². The lowest BCUT2D eigenvalue weighted by atomic mass is 10.2. The van der Waals surface area contributed by atoms with E-state index in [4.69, 9.17) is 9.26 Å². The molecule has 2 aromatic carbocycles. The monoisotopic (exact) mass is 430 g/mol. The van der Waals surface area contributed by atoms with Gasteiger partial charge in [-0.2, -0.15) is 4.98 Å². The molecule has 1 N–H and O–H groups in total. The van der Waals surface area contributed by atoms with Crippen LogP contribution in [-0.2, 0) is 21.4 Å². The van der Waals surface area contributed by atoms with Crippen LogP contribution < -0.4 is 14.4 Å². The Morgan fingerprint density at radius 3 is 2.60 bits per heavy atom. The van der Waals surface area contributed by atoms with Crippen LogP contribution in [-0.4, -0.2) is 43.9 Å². The molecule has 9 nitrogen and oxygen atoms in total. The standard InChI is InChI=1S/C20H22N4O5S/c1-14(24(30(3,26)27)16-10-7-11-17(12-16)28-2)20(25)21-13-18-22-19(23-29-18)15-8-5-4-6-9-15/h4-12,14H,13H2,1-3H3,(H,21,25)/t14-/m0/s1. The third-order valence-corrected chi connectivity index (χ3v) is 5.55. The third kappa shape index (κ3) is 4.95. The number of hydrogen-bond donors (Lipinski definition) is 1. The van der Waals surface area contributed by atoms with Gasteiger partial charge in [-0.15, -0.1) is 0 Å². The minimum atomic E-state index is -3.74. The van der Waals surface area contributed by atoms with Gasteiger partial charge < -0.3 is 14.6 Å². The van der Waals surface area contributed by atoms with Crippen molar-refractivity contribution in [3.8, 4) is 17.1 Å². The first kappa shape index (κ1) is 21.3. The molecular weight excluding hydrogens is 408 g/mol. The highest BCUT2D eigenvalue weighted by Crippen LogP contribution is 2.25. The van der Waals surface area contributed by atoms with Crippen LogP contribution in [0.15, 0.2) is 59.1 Å². The maximum atomic E-state index is 12.7. The molecule has 0 aliphatic rings. The number of nitrogens with one attached hydrogen (secondary N) is 1. The Kier molecular flexibility index (Phi) is 6.36. The molecule has 0 bridgehead atoms. The second-order valence-electron chi connectivity index (χ2n) is 6.53. The summed E-state index contributed by atoms with van der Waals surface area (Å²) in [7, 11) is -2.26. The predicted molar refractivity (Wildman–Crippen MR) is 111 cm³/mol. The van der Waals surface area contributed by atoms with Crippen molar-refractivity contribution in [1.82, 2.24) is 15.5 Å². The molecule has 1 heterocycles. The van der Waals surface area contributed by atoms with Gasteiger partial charge >= 0.3 is 0 Å². The predicted octanol–water partition coefficient (Wildman–Crippen LogP) is 2.22. The minimum absolute atomic E-state index is 0.0290. The Labute approximate surface area is 174 Å². The molecule has 158 valence electrons. The smallest absolute Gasteiger partial charge is 0.246 e. The number of carbonyl (C=O) groups excluding carboxylic acids is 1. The lowest BCUT2D eigenvalue weighted by molar-refractivity contribution is -0.122. The van der Waals surface area contributed by atoms with Gasteiger partial charge in [-0.3, -0.25) is 9.10 Å².